The van der Waals surface area contributed by atoms with E-state index in [1.807, 2.05) is 55.8 Å². The summed E-state index contributed by atoms with van der Waals surface area (Å²) in [7, 11) is 2.59. The lowest BCUT2D eigenvalue weighted by Gasteiger charge is -2.38. The summed E-state index contributed by atoms with van der Waals surface area (Å²) in [6.45, 7) is 11.0. The van der Waals surface area contributed by atoms with E-state index in [1.54, 1.807) is 12.3 Å². The number of hydrogen-bond donors (Lipinski definition) is 2. The molecule has 0 bridgehead atoms. The second-order valence-corrected chi connectivity index (χ2v) is 22.1. The number of benzene rings is 3. The second-order valence-electron chi connectivity index (χ2n) is 22.1. The first-order valence-corrected chi connectivity index (χ1v) is 27.1. The zero-order valence-corrected chi connectivity index (χ0v) is 44.4. The van der Waals surface area contributed by atoms with Crippen LogP contribution in [0.1, 0.15) is 121 Å². The summed E-state index contributed by atoms with van der Waals surface area (Å²) < 4.78 is 48.4. The Kier molecular flexibility index (Phi) is 14.0. The van der Waals surface area contributed by atoms with Crippen molar-refractivity contribution in [1.29, 1.82) is 0 Å². The molecule has 3 saturated heterocycles. The van der Waals surface area contributed by atoms with Gasteiger partial charge in [0.25, 0.3) is 0 Å². The first-order valence-electron chi connectivity index (χ1n) is 27.1. The Bertz CT molecular complexity index is 3110. The van der Waals surface area contributed by atoms with Crippen molar-refractivity contribution in [2.24, 2.45) is 21.8 Å². The van der Waals surface area contributed by atoms with Crippen molar-refractivity contribution in [2.45, 2.75) is 148 Å². The predicted molar refractivity (Wildman–Crippen MR) is 287 cm³/mol. The van der Waals surface area contributed by atoms with E-state index in [4.69, 9.17) is 33.7 Å². The number of hydrogen-bond acceptors (Lipinski definition) is 11. The quantitative estimate of drug-likeness (QED) is 0.148. The van der Waals surface area contributed by atoms with Crippen molar-refractivity contribution in [1.82, 2.24) is 25.0 Å². The molecule has 7 aliphatic heterocycles. The maximum atomic E-state index is 17.2. The molecule has 9 atom stereocenters. The first-order chi connectivity index (χ1) is 36.7. The molecule has 0 spiro atoms. The minimum Gasteiger partial charge on any atom is -0.490 e. The summed E-state index contributed by atoms with van der Waals surface area (Å²) in [5, 5.41) is 6.50. The summed E-state index contributed by atoms with van der Waals surface area (Å²) >= 11 is 0. The number of ether oxygens (including phenoxy) is 5. The van der Waals surface area contributed by atoms with Crippen molar-refractivity contribution < 1.29 is 47.3 Å². The molecule has 8 heterocycles. The van der Waals surface area contributed by atoms with Crippen LogP contribution in [0.25, 0.3) is 33.3 Å². The number of alkyl carbamates (subject to hydrolysis) is 2. The lowest BCUT2D eigenvalue weighted by molar-refractivity contribution is -0.137. The minimum atomic E-state index is -0.753. The highest BCUT2D eigenvalue weighted by molar-refractivity contribution is 6.06. The van der Waals surface area contributed by atoms with Gasteiger partial charge in [-0.05, 0) is 148 Å². The zero-order chi connectivity index (χ0) is 53.1. The Labute approximate surface area is 442 Å². The monoisotopic (exact) mass is 1040 g/mol. The number of nitrogens with zero attached hydrogens (tertiary/aromatic N) is 5. The zero-order valence-electron chi connectivity index (χ0n) is 44.4. The van der Waals surface area contributed by atoms with Crippen LogP contribution in [0.5, 0.6) is 11.5 Å². The number of carbonyl (C=O) groups excluding carboxylic acids is 4. The number of fused-ring (bicyclic) bond motifs is 6. The molecule has 3 aromatic carbocycles. The molecule has 4 amide bonds. The largest absolute Gasteiger partial charge is 0.490 e. The van der Waals surface area contributed by atoms with Crippen LogP contribution in [-0.4, -0.2) is 120 Å². The van der Waals surface area contributed by atoms with Crippen molar-refractivity contribution in [3.05, 3.63) is 95.1 Å². The van der Waals surface area contributed by atoms with Gasteiger partial charge in [-0.2, -0.15) is 0 Å². The van der Waals surface area contributed by atoms with Gasteiger partial charge in [0.15, 0.2) is 0 Å². The molecule has 0 radical (unpaired) electrons. The minimum absolute atomic E-state index is 0.0428. The highest BCUT2D eigenvalue weighted by Gasteiger charge is 2.44. The van der Waals surface area contributed by atoms with E-state index in [9.17, 15) is 19.2 Å². The highest BCUT2D eigenvalue weighted by Crippen LogP contribution is 2.48. The number of likely N-dealkylation sites (tertiary alicyclic amines) is 2. The number of aliphatic imine (C=N–C) groups is 2. The lowest BCUT2D eigenvalue weighted by Crippen LogP contribution is -2.56. The third kappa shape index (κ3) is 9.64. The highest BCUT2D eigenvalue weighted by atomic mass is 19.1. The fourth-order valence-electron chi connectivity index (χ4n) is 12.8. The van der Waals surface area contributed by atoms with E-state index < -0.39 is 36.3 Å². The molecule has 1 aromatic heterocycles. The number of nitrogens with one attached hydrogen (secondary N) is 2. The van der Waals surface area contributed by atoms with Gasteiger partial charge in [0.2, 0.25) is 18.0 Å². The van der Waals surface area contributed by atoms with Crippen LogP contribution in [0, 0.1) is 17.7 Å². The third-order valence-electron chi connectivity index (χ3n) is 16.6. The molecule has 3 fully saturated rings. The second kappa shape index (κ2) is 20.8. The van der Waals surface area contributed by atoms with Gasteiger partial charge in [-0.15, -0.1) is 0 Å². The molecule has 4 unspecified atom stereocenters. The normalized spacial score (nSPS) is 25.5. The van der Waals surface area contributed by atoms with Crippen LogP contribution in [0.15, 0.2) is 77.0 Å². The fourth-order valence-corrected chi connectivity index (χ4v) is 12.8. The summed E-state index contributed by atoms with van der Waals surface area (Å²) in [5.41, 5.74) is 9.05. The van der Waals surface area contributed by atoms with E-state index >= 15 is 4.39 Å². The van der Waals surface area contributed by atoms with Crippen LogP contribution in [0.3, 0.4) is 0 Å². The Morgan fingerprint density at radius 3 is 2.05 bits per heavy atom. The van der Waals surface area contributed by atoms with Gasteiger partial charge in [0.1, 0.15) is 29.4 Å². The van der Waals surface area contributed by atoms with Crippen LogP contribution >= 0.6 is 0 Å². The van der Waals surface area contributed by atoms with Gasteiger partial charge in [-0.25, -0.2) is 14.0 Å². The van der Waals surface area contributed by atoms with E-state index in [0.717, 1.165) is 94.4 Å². The van der Waals surface area contributed by atoms with Crippen LogP contribution in [-0.2, 0) is 30.2 Å². The maximum Gasteiger partial charge on any atom is 0.407 e. The van der Waals surface area contributed by atoms with E-state index in [2.05, 4.69) is 58.5 Å². The fraction of sp³-hybridized carbons (Fsp3) is 0.492. The molecule has 7 aliphatic rings. The summed E-state index contributed by atoms with van der Waals surface area (Å²) in [4.78, 5) is 66.8. The maximum absolute atomic E-state index is 17.2. The van der Waals surface area contributed by atoms with Crippen molar-refractivity contribution in [3.8, 4) is 22.8 Å². The number of aryl methyl sites for hydroxylation is 1. The SMILES string of the molecule is COC(=O)NC(C(=O)N1CCC[C@H]1C1=NC=C(c2ccc3c(c2)cc2n3C(c3ccc4c(c3)OC(C)CC4)Oc3cc(C4=CN=C([C@@H]5CCCN5C(=O)[C@@H](NC(=O)OC)C(C)C)C4)cc(F)c3-2)C1)C1C[C@@H](C)O[C@@H](C)C1. The van der Waals surface area contributed by atoms with E-state index in [1.165, 1.54) is 14.2 Å². The lowest BCUT2D eigenvalue weighted by atomic mass is 9.85. The summed E-state index contributed by atoms with van der Waals surface area (Å²) in [6.07, 6.45) is 8.93. The van der Waals surface area contributed by atoms with Crippen molar-refractivity contribution in [2.75, 3.05) is 27.3 Å². The summed E-state index contributed by atoms with van der Waals surface area (Å²) in [6, 6.07) is 16.0. The number of amides is 4. The number of carbonyl (C=O) groups is 4. The topological polar surface area (TPSA) is 175 Å². The molecule has 4 aromatic rings. The molecule has 16 nitrogen and oxygen atoms in total. The van der Waals surface area contributed by atoms with Gasteiger partial charge in [-0.1, -0.05) is 32.0 Å². The average Bonchev–Trinajstić information content (AvgIpc) is 4.30. The van der Waals surface area contributed by atoms with Gasteiger partial charge < -0.3 is 48.7 Å². The molecule has 0 aliphatic carbocycles. The Balaban J connectivity index is 0.868. The Morgan fingerprint density at radius 2 is 1.38 bits per heavy atom. The van der Waals surface area contributed by atoms with E-state index in [-0.39, 0.29) is 54.0 Å². The molecule has 76 heavy (non-hydrogen) atoms. The standard InChI is InChI=1S/C59H68FN7O9/c1-31(2)53(63-58(70)72-6)55(68)65-18-8-10-47(65)45-25-42(30-62-45)38-23-43(60)52-49-26-39-22-36(16-17-46(39)67(49)57(76-51(52)28-38)37-15-14-35-13-12-32(3)75-50(35)27-37)41-24-44(61-29-41)48-11-9-19-66(48)56(69)54(64-59(71)73-7)40-20-33(4)74-34(5)21-40/h14-17,22-23,26-34,40,47-48,53-54,57H,8-13,18-21,24-25H2,1-7H3,(H,63,70)(H,64,71)/t32?,33-,34+,40?,47-,48-,53-,54?,57?/m0/s1. The molecule has 17 heteroatoms. The smallest absolute Gasteiger partial charge is 0.407 e. The Morgan fingerprint density at radius 1 is 0.724 bits per heavy atom. The number of halogens is 1. The number of rotatable bonds is 11. The summed E-state index contributed by atoms with van der Waals surface area (Å²) in [5.74, 6) is 0.218. The van der Waals surface area contributed by atoms with Crippen molar-refractivity contribution >= 4 is 57.5 Å². The van der Waals surface area contributed by atoms with Gasteiger partial charge in [0, 0.05) is 60.7 Å². The van der Waals surface area contributed by atoms with Gasteiger partial charge >= 0.3 is 12.2 Å². The molecular formula is C59H68FN7O9. The first kappa shape index (κ1) is 51.1. The van der Waals surface area contributed by atoms with Gasteiger partial charge in [0.05, 0.1) is 61.4 Å². The van der Waals surface area contributed by atoms with Crippen molar-refractivity contribution in [3.63, 3.8) is 0 Å². The Hall–Kier alpha value is -7.01. The van der Waals surface area contributed by atoms with Crippen LogP contribution in [0.4, 0.5) is 14.0 Å². The van der Waals surface area contributed by atoms with Gasteiger partial charge in [-0.3, -0.25) is 19.6 Å². The molecule has 400 valence electrons. The van der Waals surface area contributed by atoms with E-state index in [0.29, 0.717) is 61.3 Å². The van der Waals surface area contributed by atoms with Crippen LogP contribution in [0.2, 0.25) is 0 Å². The molecule has 0 saturated carbocycles. The number of allylic oxidation sites excluding steroid dienone is 2. The van der Waals surface area contributed by atoms with Crippen LogP contribution < -0.4 is 20.1 Å². The third-order valence-corrected chi connectivity index (χ3v) is 16.6. The molecule has 2 N–H and O–H groups in total. The molecular weight excluding hydrogens is 970 g/mol. The predicted octanol–water partition coefficient (Wildman–Crippen LogP) is 9.76. The number of methoxy groups -OCH3 is 2. The molecule has 11 rings (SSSR count). The number of aromatic nitrogens is 1. The average molecular weight is 1040 g/mol.